The van der Waals surface area contributed by atoms with Gasteiger partial charge >= 0.3 is 0 Å². The molecule has 0 saturated heterocycles. The Morgan fingerprint density at radius 2 is 1.48 bits per heavy atom. The van der Waals surface area contributed by atoms with Crippen LogP contribution in [0.4, 0.5) is 0 Å². The van der Waals surface area contributed by atoms with Crippen LogP contribution in [-0.4, -0.2) is 17.8 Å². The lowest BCUT2D eigenvalue weighted by Gasteiger charge is -2.24. The van der Waals surface area contributed by atoms with Crippen molar-refractivity contribution in [3.63, 3.8) is 0 Å². The van der Waals surface area contributed by atoms with Crippen molar-refractivity contribution in [3.8, 4) is 5.75 Å². The monoisotopic (exact) mass is 284 g/mol. The minimum Gasteiger partial charge on any atom is -0.497 e. The van der Waals surface area contributed by atoms with Crippen molar-refractivity contribution < 1.29 is 9.84 Å². The fourth-order valence-electron chi connectivity index (χ4n) is 2.60. The van der Waals surface area contributed by atoms with Gasteiger partial charge in [-0.2, -0.15) is 0 Å². The summed E-state index contributed by atoms with van der Waals surface area (Å²) < 4.78 is 5.16. The van der Waals surface area contributed by atoms with Crippen LogP contribution in [0, 0.1) is 13.8 Å². The molecule has 0 fully saturated rings. The number of hydrogen-bond donors (Lipinski definition) is 1. The summed E-state index contributed by atoms with van der Waals surface area (Å²) in [4.78, 5) is 0. The van der Waals surface area contributed by atoms with Crippen LogP contribution in [-0.2, 0) is 12.8 Å². The first-order chi connectivity index (χ1) is 9.89. The Hall–Kier alpha value is -1.80. The molecule has 1 N–H and O–H groups in total. The van der Waals surface area contributed by atoms with Gasteiger partial charge in [-0.1, -0.05) is 30.3 Å². The molecular formula is C19H24O2. The lowest BCUT2D eigenvalue weighted by atomic mass is 9.89. The molecule has 0 aliphatic heterocycles. The average molecular weight is 284 g/mol. The van der Waals surface area contributed by atoms with Gasteiger partial charge in [0.25, 0.3) is 0 Å². The van der Waals surface area contributed by atoms with Crippen LogP contribution in [0.25, 0.3) is 0 Å². The first-order valence-corrected chi connectivity index (χ1v) is 7.31. The quantitative estimate of drug-likeness (QED) is 0.903. The summed E-state index contributed by atoms with van der Waals surface area (Å²) in [5.41, 5.74) is 4.10. The van der Waals surface area contributed by atoms with Crippen LogP contribution in [0.5, 0.6) is 5.75 Å². The van der Waals surface area contributed by atoms with Crippen LogP contribution in [0.1, 0.15) is 29.2 Å². The minimum atomic E-state index is -0.754. The van der Waals surface area contributed by atoms with Crippen LogP contribution in [0.3, 0.4) is 0 Å². The van der Waals surface area contributed by atoms with Gasteiger partial charge in [0.1, 0.15) is 5.75 Å². The maximum absolute atomic E-state index is 10.7. The Bertz CT molecular complexity index is 597. The molecule has 0 radical (unpaired) electrons. The molecule has 2 nitrogen and oxygen atoms in total. The van der Waals surface area contributed by atoms with E-state index in [4.69, 9.17) is 4.74 Å². The largest absolute Gasteiger partial charge is 0.497 e. The van der Waals surface area contributed by atoms with Gasteiger partial charge in [-0.05, 0) is 55.2 Å². The lowest BCUT2D eigenvalue weighted by Crippen LogP contribution is -2.30. The van der Waals surface area contributed by atoms with Gasteiger partial charge in [0.2, 0.25) is 0 Å². The molecule has 1 unspecified atom stereocenters. The molecule has 0 saturated carbocycles. The Balaban J connectivity index is 2.07. The number of methoxy groups -OCH3 is 1. The van der Waals surface area contributed by atoms with E-state index in [1.807, 2.05) is 31.2 Å². The standard InChI is InChI=1S/C19H24O2/c1-14-5-6-17(11-15(14)2)13-19(3,20)12-16-7-9-18(21-4)10-8-16/h5-11,20H,12-13H2,1-4H3. The number of rotatable bonds is 5. The second-order valence-corrected chi connectivity index (χ2v) is 6.12. The van der Waals surface area contributed by atoms with Crippen molar-refractivity contribution in [2.24, 2.45) is 0 Å². The number of ether oxygens (including phenoxy) is 1. The summed E-state index contributed by atoms with van der Waals surface area (Å²) in [6.45, 7) is 6.11. The maximum Gasteiger partial charge on any atom is 0.118 e. The molecule has 2 aromatic rings. The predicted molar refractivity (Wildman–Crippen MR) is 86.9 cm³/mol. The molecule has 2 heteroatoms. The molecule has 0 bridgehead atoms. The first kappa shape index (κ1) is 15.6. The summed E-state index contributed by atoms with van der Waals surface area (Å²) in [6.07, 6.45) is 1.28. The highest BCUT2D eigenvalue weighted by Gasteiger charge is 2.21. The average Bonchev–Trinajstić information content (AvgIpc) is 2.43. The molecule has 0 aromatic heterocycles. The molecule has 0 spiro atoms. The minimum absolute atomic E-state index is 0.629. The van der Waals surface area contributed by atoms with Crippen molar-refractivity contribution in [2.75, 3.05) is 7.11 Å². The maximum atomic E-state index is 10.7. The van der Waals surface area contributed by atoms with Crippen molar-refractivity contribution in [3.05, 3.63) is 64.7 Å². The van der Waals surface area contributed by atoms with Crippen LogP contribution in [0.2, 0.25) is 0 Å². The second-order valence-electron chi connectivity index (χ2n) is 6.12. The third-order valence-corrected chi connectivity index (χ3v) is 3.90. The van der Waals surface area contributed by atoms with E-state index in [1.54, 1.807) is 7.11 Å². The molecule has 112 valence electrons. The molecule has 0 aliphatic rings. The molecule has 2 rings (SSSR count). The molecule has 1 atom stereocenters. The van der Waals surface area contributed by atoms with Gasteiger partial charge in [0.15, 0.2) is 0 Å². The summed E-state index contributed by atoms with van der Waals surface area (Å²) in [6, 6.07) is 14.3. The van der Waals surface area contributed by atoms with Crippen molar-refractivity contribution in [2.45, 2.75) is 39.2 Å². The molecule has 2 aromatic carbocycles. The van der Waals surface area contributed by atoms with E-state index in [9.17, 15) is 5.11 Å². The number of aliphatic hydroxyl groups is 1. The highest BCUT2D eigenvalue weighted by molar-refractivity contribution is 5.32. The van der Waals surface area contributed by atoms with E-state index in [0.29, 0.717) is 12.8 Å². The molecule has 0 heterocycles. The zero-order chi connectivity index (χ0) is 15.5. The topological polar surface area (TPSA) is 29.5 Å². The molecule has 0 aliphatic carbocycles. The van der Waals surface area contributed by atoms with E-state index >= 15 is 0 Å². The highest BCUT2D eigenvalue weighted by Crippen LogP contribution is 2.22. The summed E-state index contributed by atoms with van der Waals surface area (Å²) >= 11 is 0. The van der Waals surface area contributed by atoms with E-state index in [-0.39, 0.29) is 0 Å². The lowest BCUT2D eigenvalue weighted by molar-refractivity contribution is 0.0608. The Morgan fingerprint density at radius 1 is 0.905 bits per heavy atom. The van der Waals surface area contributed by atoms with Gasteiger partial charge in [-0.25, -0.2) is 0 Å². The highest BCUT2D eigenvalue weighted by atomic mass is 16.5. The van der Waals surface area contributed by atoms with Gasteiger partial charge in [-0.3, -0.25) is 0 Å². The fourth-order valence-corrected chi connectivity index (χ4v) is 2.60. The van der Waals surface area contributed by atoms with Crippen LogP contribution >= 0.6 is 0 Å². The number of benzene rings is 2. The smallest absolute Gasteiger partial charge is 0.118 e. The Morgan fingerprint density at radius 3 is 2.05 bits per heavy atom. The summed E-state index contributed by atoms with van der Waals surface area (Å²) in [7, 11) is 1.66. The second kappa shape index (κ2) is 6.31. The van der Waals surface area contributed by atoms with E-state index in [0.717, 1.165) is 11.3 Å². The zero-order valence-electron chi connectivity index (χ0n) is 13.3. The summed E-state index contributed by atoms with van der Waals surface area (Å²) in [5, 5.41) is 10.7. The molecular weight excluding hydrogens is 260 g/mol. The zero-order valence-corrected chi connectivity index (χ0v) is 13.3. The Labute approximate surface area is 127 Å². The van der Waals surface area contributed by atoms with Gasteiger partial charge in [-0.15, -0.1) is 0 Å². The SMILES string of the molecule is COc1ccc(CC(C)(O)Cc2ccc(C)c(C)c2)cc1. The van der Waals surface area contributed by atoms with Gasteiger partial charge in [0, 0.05) is 12.8 Å². The van der Waals surface area contributed by atoms with E-state index in [2.05, 4.69) is 32.0 Å². The number of hydrogen-bond acceptors (Lipinski definition) is 2. The Kier molecular flexibility index (Phi) is 4.69. The molecule has 21 heavy (non-hydrogen) atoms. The summed E-state index contributed by atoms with van der Waals surface area (Å²) in [5.74, 6) is 0.840. The third-order valence-electron chi connectivity index (χ3n) is 3.90. The van der Waals surface area contributed by atoms with Crippen molar-refractivity contribution in [1.29, 1.82) is 0 Å². The fraction of sp³-hybridized carbons (Fsp3) is 0.368. The molecule has 0 amide bonds. The van der Waals surface area contributed by atoms with Crippen LogP contribution in [0.15, 0.2) is 42.5 Å². The number of aryl methyl sites for hydroxylation is 2. The first-order valence-electron chi connectivity index (χ1n) is 7.31. The van der Waals surface area contributed by atoms with Gasteiger partial charge in [0.05, 0.1) is 12.7 Å². The van der Waals surface area contributed by atoms with E-state index < -0.39 is 5.60 Å². The normalized spacial score (nSPS) is 13.8. The van der Waals surface area contributed by atoms with Crippen molar-refractivity contribution in [1.82, 2.24) is 0 Å². The van der Waals surface area contributed by atoms with Crippen LogP contribution < -0.4 is 4.74 Å². The third kappa shape index (κ3) is 4.33. The predicted octanol–water partition coefficient (Wildman–Crippen LogP) is 3.85. The van der Waals surface area contributed by atoms with E-state index in [1.165, 1.54) is 16.7 Å². The van der Waals surface area contributed by atoms with Crippen molar-refractivity contribution >= 4 is 0 Å². The van der Waals surface area contributed by atoms with Gasteiger partial charge < -0.3 is 9.84 Å².